The van der Waals surface area contributed by atoms with Crippen molar-refractivity contribution in [2.75, 3.05) is 0 Å². The molecule has 0 aliphatic rings. The first-order chi connectivity index (χ1) is 10.9. The zero-order valence-corrected chi connectivity index (χ0v) is 14.7. The second kappa shape index (κ2) is 13.6. The van der Waals surface area contributed by atoms with Gasteiger partial charge in [0.2, 0.25) is 0 Å². The molecule has 2 heteroatoms. The van der Waals surface area contributed by atoms with Crippen LogP contribution in [0.5, 0.6) is 0 Å². The number of aldehydes is 1. The molecule has 0 atom stereocenters. The molecular weight excluding hydrogens is 288 g/mol. The van der Waals surface area contributed by atoms with Gasteiger partial charge in [0.15, 0.2) is 0 Å². The van der Waals surface area contributed by atoms with Crippen molar-refractivity contribution >= 4 is 18.0 Å². The highest BCUT2D eigenvalue weighted by atomic mass is 32.2. The first-order valence-corrected chi connectivity index (χ1v) is 9.55. The zero-order valence-electron chi connectivity index (χ0n) is 13.9. The van der Waals surface area contributed by atoms with Crippen molar-refractivity contribution in [1.82, 2.24) is 0 Å². The van der Waals surface area contributed by atoms with Crippen LogP contribution in [0.3, 0.4) is 0 Å². The molecule has 0 aliphatic heterocycles. The maximum Gasteiger partial charge on any atom is 0.143 e. The van der Waals surface area contributed by atoms with Gasteiger partial charge in [0.05, 0.1) is 0 Å². The monoisotopic (exact) mass is 318 g/mol. The third kappa shape index (κ3) is 9.83. The molecular formula is C20H30OS. The van der Waals surface area contributed by atoms with E-state index in [0.29, 0.717) is 0 Å². The van der Waals surface area contributed by atoms with Crippen molar-refractivity contribution in [2.24, 2.45) is 0 Å². The molecule has 0 saturated carbocycles. The fraction of sp³-hybridized carbons (Fsp3) is 0.550. The molecule has 0 N–H and O–H groups in total. The lowest BCUT2D eigenvalue weighted by atomic mass is 10.1. The third-order valence-corrected chi connectivity index (χ3v) is 4.88. The molecule has 1 aromatic carbocycles. The maximum atomic E-state index is 10.8. The van der Waals surface area contributed by atoms with Gasteiger partial charge in [-0.25, -0.2) is 0 Å². The van der Waals surface area contributed by atoms with Crippen LogP contribution in [0.25, 0.3) is 0 Å². The Labute approximate surface area is 140 Å². The normalized spacial score (nSPS) is 11.6. The summed E-state index contributed by atoms with van der Waals surface area (Å²) < 4.78 is 0. The number of unbranched alkanes of at least 4 members (excludes halogenated alkanes) is 8. The second-order valence-corrected chi connectivity index (χ2v) is 6.96. The quantitative estimate of drug-likeness (QED) is 0.172. The van der Waals surface area contributed by atoms with Gasteiger partial charge >= 0.3 is 0 Å². The van der Waals surface area contributed by atoms with Gasteiger partial charge in [-0.3, -0.25) is 4.79 Å². The molecule has 0 amide bonds. The van der Waals surface area contributed by atoms with Crippen molar-refractivity contribution in [2.45, 2.75) is 76.0 Å². The van der Waals surface area contributed by atoms with Gasteiger partial charge in [0.1, 0.15) is 6.29 Å². The molecule has 122 valence electrons. The molecule has 0 saturated heterocycles. The first-order valence-electron chi connectivity index (χ1n) is 8.74. The highest BCUT2D eigenvalue weighted by molar-refractivity contribution is 8.03. The van der Waals surface area contributed by atoms with Crippen LogP contribution in [0.4, 0.5) is 0 Å². The Balaban J connectivity index is 2.12. The molecule has 1 nitrogen and oxygen atoms in total. The fourth-order valence-electron chi connectivity index (χ4n) is 2.49. The Morgan fingerprint density at radius 3 is 2.09 bits per heavy atom. The lowest BCUT2D eigenvalue weighted by Crippen LogP contribution is -1.84. The Morgan fingerprint density at radius 1 is 0.909 bits per heavy atom. The molecule has 0 aromatic heterocycles. The highest BCUT2D eigenvalue weighted by Gasteiger charge is 2.01. The Morgan fingerprint density at radius 2 is 1.50 bits per heavy atom. The maximum absolute atomic E-state index is 10.8. The summed E-state index contributed by atoms with van der Waals surface area (Å²) in [4.78, 5) is 13.2. The van der Waals surface area contributed by atoms with Crippen molar-refractivity contribution in [3.63, 3.8) is 0 Å². The molecule has 0 spiro atoms. The van der Waals surface area contributed by atoms with E-state index in [2.05, 4.69) is 19.1 Å². The SMILES string of the molecule is CCCCCCCCCCC/C(=C\C=O)Sc1ccccc1. The second-order valence-electron chi connectivity index (χ2n) is 5.76. The van der Waals surface area contributed by atoms with Crippen LogP contribution < -0.4 is 0 Å². The van der Waals surface area contributed by atoms with Gasteiger partial charge in [0.25, 0.3) is 0 Å². The minimum Gasteiger partial charge on any atom is -0.299 e. The summed E-state index contributed by atoms with van der Waals surface area (Å²) in [5.41, 5.74) is 0. The summed E-state index contributed by atoms with van der Waals surface area (Å²) in [5, 5.41) is 0. The van der Waals surface area contributed by atoms with Crippen molar-refractivity contribution in [3.8, 4) is 0 Å². The molecule has 0 unspecified atom stereocenters. The van der Waals surface area contributed by atoms with Crippen molar-refractivity contribution in [3.05, 3.63) is 41.3 Å². The summed E-state index contributed by atoms with van der Waals surface area (Å²) in [7, 11) is 0. The van der Waals surface area contributed by atoms with E-state index in [-0.39, 0.29) is 0 Å². The Hall–Kier alpha value is -1.02. The average molecular weight is 319 g/mol. The lowest BCUT2D eigenvalue weighted by molar-refractivity contribution is -0.104. The number of rotatable bonds is 13. The molecule has 0 heterocycles. The molecule has 22 heavy (non-hydrogen) atoms. The topological polar surface area (TPSA) is 17.1 Å². The zero-order chi connectivity index (χ0) is 15.9. The number of hydrogen-bond donors (Lipinski definition) is 0. The molecule has 0 fully saturated rings. The van der Waals surface area contributed by atoms with E-state index in [9.17, 15) is 4.79 Å². The fourth-order valence-corrected chi connectivity index (χ4v) is 3.46. The third-order valence-electron chi connectivity index (χ3n) is 3.77. The van der Waals surface area contributed by atoms with Gasteiger partial charge in [0, 0.05) is 4.90 Å². The van der Waals surface area contributed by atoms with E-state index in [4.69, 9.17) is 0 Å². The van der Waals surface area contributed by atoms with Crippen molar-refractivity contribution < 1.29 is 4.79 Å². The predicted octanol–water partition coefficient (Wildman–Crippen LogP) is 6.78. The standard InChI is InChI=1S/C20H30OS/c1-2-3-4-5-6-7-8-9-11-16-20(17-18-21)22-19-14-12-10-13-15-19/h10,12-15,17-18H,2-9,11,16H2,1H3/b20-17+. The molecule has 0 aliphatic carbocycles. The van der Waals surface area contributed by atoms with Crippen LogP contribution in [0, 0.1) is 0 Å². The minimum atomic E-state index is 0.916. The average Bonchev–Trinajstić information content (AvgIpc) is 2.54. The summed E-state index contributed by atoms with van der Waals surface area (Å²) in [6.07, 6.45) is 15.7. The Bertz CT molecular complexity index is 411. The summed E-state index contributed by atoms with van der Waals surface area (Å²) in [5.74, 6) is 0. The van der Waals surface area contributed by atoms with Crippen molar-refractivity contribution in [1.29, 1.82) is 0 Å². The summed E-state index contributed by atoms with van der Waals surface area (Å²) >= 11 is 1.72. The van der Waals surface area contributed by atoms with Crippen LogP contribution >= 0.6 is 11.8 Å². The Kier molecular flexibility index (Phi) is 11.8. The number of allylic oxidation sites excluding steroid dienone is 2. The van der Waals surface area contributed by atoms with E-state index < -0.39 is 0 Å². The number of hydrogen-bond acceptors (Lipinski definition) is 2. The first kappa shape index (κ1) is 19.0. The number of benzene rings is 1. The van der Waals surface area contributed by atoms with Crippen LogP contribution in [-0.4, -0.2) is 6.29 Å². The van der Waals surface area contributed by atoms with Gasteiger partial charge in [-0.2, -0.15) is 0 Å². The van der Waals surface area contributed by atoms with Crippen LogP contribution in [0.2, 0.25) is 0 Å². The van der Waals surface area contributed by atoms with Gasteiger partial charge in [-0.05, 0) is 36.0 Å². The van der Waals surface area contributed by atoms with Crippen LogP contribution in [0.1, 0.15) is 71.1 Å². The van der Waals surface area contributed by atoms with E-state index in [0.717, 1.165) is 12.7 Å². The summed E-state index contributed by atoms with van der Waals surface area (Å²) in [6, 6.07) is 10.3. The number of thioether (sulfide) groups is 1. The van der Waals surface area contributed by atoms with E-state index in [1.807, 2.05) is 18.2 Å². The van der Waals surface area contributed by atoms with Gasteiger partial charge in [-0.15, -0.1) is 0 Å². The van der Waals surface area contributed by atoms with E-state index in [1.165, 1.54) is 67.6 Å². The van der Waals surface area contributed by atoms with Crippen LogP contribution in [0.15, 0.2) is 46.2 Å². The molecule has 1 rings (SSSR count). The van der Waals surface area contributed by atoms with E-state index >= 15 is 0 Å². The predicted molar refractivity (Wildman–Crippen MR) is 98.3 cm³/mol. The lowest BCUT2D eigenvalue weighted by Gasteiger charge is -2.06. The van der Waals surface area contributed by atoms with Gasteiger partial charge < -0.3 is 0 Å². The largest absolute Gasteiger partial charge is 0.299 e. The van der Waals surface area contributed by atoms with E-state index in [1.54, 1.807) is 17.8 Å². The smallest absolute Gasteiger partial charge is 0.143 e. The summed E-state index contributed by atoms with van der Waals surface area (Å²) in [6.45, 7) is 2.26. The van der Waals surface area contributed by atoms with Gasteiger partial charge in [-0.1, -0.05) is 88.3 Å². The highest BCUT2D eigenvalue weighted by Crippen LogP contribution is 2.29. The molecule has 1 aromatic rings. The number of carbonyl (C=O) groups excluding carboxylic acids is 1. The molecule has 0 bridgehead atoms. The van der Waals surface area contributed by atoms with Crippen LogP contribution in [-0.2, 0) is 4.79 Å². The molecule has 0 radical (unpaired) electrons. The number of carbonyl (C=O) groups is 1. The minimum absolute atomic E-state index is 0.916.